The molecule has 0 saturated carbocycles. The minimum absolute atomic E-state index is 0.216. The number of rotatable bonds is 2. The van der Waals surface area contributed by atoms with Crippen LogP contribution in [0.15, 0.2) is 4.47 Å². The van der Waals surface area contributed by atoms with Crippen molar-refractivity contribution in [2.75, 3.05) is 39.5 Å². The highest BCUT2D eigenvalue weighted by Gasteiger charge is 2.25. The molecule has 5 nitrogen and oxygen atoms in total. The van der Waals surface area contributed by atoms with Crippen LogP contribution >= 0.6 is 15.9 Å². The molecule has 6 heteroatoms. The predicted molar refractivity (Wildman–Crippen MR) is 81.0 cm³/mol. The highest BCUT2D eigenvalue weighted by Crippen LogP contribution is 2.26. The lowest BCUT2D eigenvalue weighted by atomic mass is 10.2. The lowest BCUT2D eigenvalue weighted by molar-refractivity contribution is 0.219. The first-order valence-electron chi connectivity index (χ1n) is 6.73. The fourth-order valence-corrected chi connectivity index (χ4v) is 2.92. The Labute approximate surface area is 123 Å². The van der Waals surface area contributed by atoms with E-state index < -0.39 is 0 Å². The van der Waals surface area contributed by atoms with Crippen LogP contribution in [0.3, 0.4) is 0 Å². The number of hydrogen-bond acceptors (Lipinski definition) is 5. The van der Waals surface area contributed by atoms with Gasteiger partial charge < -0.3 is 10.6 Å². The van der Waals surface area contributed by atoms with E-state index in [9.17, 15) is 0 Å². The van der Waals surface area contributed by atoms with E-state index >= 15 is 0 Å². The van der Waals surface area contributed by atoms with Crippen molar-refractivity contribution in [3.63, 3.8) is 0 Å². The van der Waals surface area contributed by atoms with Crippen molar-refractivity contribution < 1.29 is 0 Å². The van der Waals surface area contributed by atoms with E-state index in [1.807, 2.05) is 0 Å². The van der Waals surface area contributed by atoms with E-state index in [0.717, 1.165) is 42.0 Å². The van der Waals surface area contributed by atoms with Gasteiger partial charge in [0.2, 0.25) is 0 Å². The quantitative estimate of drug-likeness (QED) is 0.895. The summed E-state index contributed by atoms with van der Waals surface area (Å²) in [7, 11) is 4.28. The minimum Gasteiger partial charge on any atom is -0.383 e. The molecule has 1 aliphatic rings. The van der Waals surface area contributed by atoms with E-state index in [-0.39, 0.29) is 6.04 Å². The molecule has 0 bridgehead atoms. The number of aromatic nitrogens is 2. The summed E-state index contributed by atoms with van der Waals surface area (Å²) in [5.41, 5.74) is 6.98. The molecule has 2 heterocycles. The van der Waals surface area contributed by atoms with Gasteiger partial charge in [0.15, 0.2) is 0 Å². The highest BCUT2D eigenvalue weighted by molar-refractivity contribution is 9.10. The number of hydrogen-bond donors (Lipinski definition) is 1. The molecule has 1 aromatic rings. The van der Waals surface area contributed by atoms with Crippen molar-refractivity contribution in [2.24, 2.45) is 0 Å². The van der Waals surface area contributed by atoms with Gasteiger partial charge in [-0.1, -0.05) is 6.92 Å². The van der Waals surface area contributed by atoms with Gasteiger partial charge in [-0.25, -0.2) is 9.97 Å². The Balaban J connectivity index is 2.36. The summed E-state index contributed by atoms with van der Waals surface area (Å²) in [6.07, 6.45) is 2.03. The van der Waals surface area contributed by atoms with E-state index in [0.29, 0.717) is 5.82 Å². The van der Waals surface area contributed by atoms with Crippen LogP contribution in [-0.4, -0.2) is 53.5 Å². The fraction of sp³-hybridized carbons (Fsp3) is 0.692. The third kappa shape index (κ3) is 3.24. The maximum absolute atomic E-state index is 5.99. The standard InChI is InChI=1S/C13H22BrN5/c1-4-9-11(14)12(15)17-13(16-9)10-8-18(2)6-5-7-19(10)3/h10H,4-8H2,1-3H3,(H2,15,16,17). The summed E-state index contributed by atoms with van der Waals surface area (Å²) in [6.45, 7) is 5.21. The first-order valence-corrected chi connectivity index (χ1v) is 7.52. The Morgan fingerprint density at radius 1 is 1.32 bits per heavy atom. The molecule has 1 aromatic heterocycles. The van der Waals surface area contributed by atoms with Crippen molar-refractivity contribution in [2.45, 2.75) is 25.8 Å². The van der Waals surface area contributed by atoms with Crippen LogP contribution in [-0.2, 0) is 6.42 Å². The Kier molecular flexibility index (Phi) is 4.76. The molecule has 0 aliphatic carbocycles. The molecule has 2 rings (SSSR count). The van der Waals surface area contributed by atoms with Gasteiger partial charge in [0.1, 0.15) is 11.6 Å². The molecule has 0 aromatic carbocycles. The number of likely N-dealkylation sites (N-methyl/N-ethyl adjacent to an activating group) is 2. The molecule has 1 fully saturated rings. The molecule has 19 heavy (non-hydrogen) atoms. The highest BCUT2D eigenvalue weighted by atomic mass is 79.9. The summed E-state index contributed by atoms with van der Waals surface area (Å²) in [5.74, 6) is 1.39. The van der Waals surface area contributed by atoms with Gasteiger partial charge in [-0.15, -0.1) is 0 Å². The van der Waals surface area contributed by atoms with Gasteiger partial charge >= 0.3 is 0 Å². The third-order valence-electron chi connectivity index (χ3n) is 3.66. The van der Waals surface area contributed by atoms with Gasteiger partial charge in [-0.05, 0) is 56.0 Å². The molecular weight excluding hydrogens is 306 g/mol. The van der Waals surface area contributed by atoms with Crippen molar-refractivity contribution in [3.05, 3.63) is 16.0 Å². The molecule has 0 spiro atoms. The molecule has 0 amide bonds. The Bertz CT molecular complexity index is 451. The normalized spacial score (nSPS) is 22.4. The minimum atomic E-state index is 0.216. The lowest BCUT2D eigenvalue weighted by Gasteiger charge is -2.26. The Morgan fingerprint density at radius 2 is 2.05 bits per heavy atom. The zero-order valence-corrected chi connectivity index (χ0v) is 13.4. The third-order valence-corrected chi connectivity index (χ3v) is 4.53. The summed E-state index contributed by atoms with van der Waals surface area (Å²) >= 11 is 3.47. The van der Waals surface area contributed by atoms with E-state index in [2.05, 4.69) is 51.7 Å². The second-order valence-electron chi connectivity index (χ2n) is 5.19. The lowest BCUT2D eigenvalue weighted by Crippen LogP contribution is -2.32. The Morgan fingerprint density at radius 3 is 2.74 bits per heavy atom. The number of nitrogens with two attached hydrogens (primary N) is 1. The predicted octanol–water partition coefficient (Wildman–Crippen LogP) is 1.69. The molecular formula is C13H22BrN5. The van der Waals surface area contributed by atoms with E-state index in [1.54, 1.807) is 0 Å². The number of nitrogen functional groups attached to an aromatic ring is 1. The van der Waals surface area contributed by atoms with Gasteiger partial charge in [-0.2, -0.15) is 0 Å². The largest absolute Gasteiger partial charge is 0.383 e. The second kappa shape index (κ2) is 6.15. The van der Waals surface area contributed by atoms with Gasteiger partial charge in [0.05, 0.1) is 16.2 Å². The fourth-order valence-electron chi connectivity index (χ4n) is 2.47. The zero-order valence-electron chi connectivity index (χ0n) is 11.9. The number of nitrogens with zero attached hydrogens (tertiary/aromatic N) is 4. The van der Waals surface area contributed by atoms with Crippen LogP contribution < -0.4 is 5.73 Å². The number of halogens is 1. The summed E-state index contributed by atoms with van der Waals surface area (Å²) in [4.78, 5) is 13.8. The molecule has 0 radical (unpaired) electrons. The van der Waals surface area contributed by atoms with Crippen molar-refractivity contribution in [1.82, 2.24) is 19.8 Å². The first kappa shape index (κ1) is 14.7. The maximum atomic E-state index is 5.99. The van der Waals surface area contributed by atoms with Crippen LogP contribution in [0.5, 0.6) is 0 Å². The van der Waals surface area contributed by atoms with E-state index in [1.165, 1.54) is 6.42 Å². The molecule has 1 unspecified atom stereocenters. The van der Waals surface area contributed by atoms with Crippen molar-refractivity contribution in [3.8, 4) is 0 Å². The average Bonchev–Trinajstić information content (AvgIpc) is 2.54. The second-order valence-corrected chi connectivity index (χ2v) is 5.99. The molecule has 1 saturated heterocycles. The van der Waals surface area contributed by atoms with Crippen LogP contribution in [0, 0.1) is 0 Å². The smallest absolute Gasteiger partial charge is 0.149 e. The molecule has 106 valence electrons. The molecule has 1 aliphatic heterocycles. The monoisotopic (exact) mass is 327 g/mol. The topological polar surface area (TPSA) is 58.3 Å². The number of anilines is 1. The molecule has 1 atom stereocenters. The number of aryl methyl sites for hydroxylation is 1. The van der Waals surface area contributed by atoms with Crippen LogP contribution in [0.4, 0.5) is 5.82 Å². The molecule has 2 N–H and O–H groups in total. The first-order chi connectivity index (χ1) is 9.02. The van der Waals surface area contributed by atoms with Gasteiger partial charge in [-0.3, -0.25) is 4.90 Å². The summed E-state index contributed by atoms with van der Waals surface area (Å²) in [5, 5.41) is 0. The van der Waals surface area contributed by atoms with Crippen molar-refractivity contribution in [1.29, 1.82) is 0 Å². The zero-order chi connectivity index (χ0) is 14.0. The maximum Gasteiger partial charge on any atom is 0.149 e. The van der Waals surface area contributed by atoms with E-state index in [4.69, 9.17) is 10.7 Å². The van der Waals surface area contributed by atoms with Crippen LogP contribution in [0.2, 0.25) is 0 Å². The SMILES string of the molecule is CCc1nc(C2CN(C)CCCN2C)nc(N)c1Br. The van der Waals surface area contributed by atoms with Gasteiger partial charge in [0.25, 0.3) is 0 Å². The van der Waals surface area contributed by atoms with Crippen LogP contribution in [0.25, 0.3) is 0 Å². The van der Waals surface area contributed by atoms with Crippen LogP contribution in [0.1, 0.15) is 30.9 Å². The Hall–Kier alpha value is -0.720. The average molecular weight is 328 g/mol. The summed E-state index contributed by atoms with van der Waals surface area (Å²) in [6, 6.07) is 0.216. The summed E-state index contributed by atoms with van der Waals surface area (Å²) < 4.78 is 0.836. The van der Waals surface area contributed by atoms with Crippen molar-refractivity contribution >= 4 is 21.7 Å². The van der Waals surface area contributed by atoms with Gasteiger partial charge in [0, 0.05) is 6.54 Å².